The van der Waals surface area contributed by atoms with Crippen molar-refractivity contribution in [1.82, 2.24) is 5.32 Å². The van der Waals surface area contributed by atoms with Gasteiger partial charge in [0.05, 0.1) is 5.25 Å². The minimum Gasteiger partial charge on any atom is -0.480 e. The number of benzene rings is 1. The molecule has 0 aliphatic carbocycles. The van der Waals surface area contributed by atoms with Gasteiger partial charge in [-0.2, -0.15) is 0 Å². The first-order chi connectivity index (χ1) is 8.66. The summed E-state index contributed by atoms with van der Waals surface area (Å²) in [7, 11) is 0. The van der Waals surface area contributed by atoms with Gasteiger partial charge in [-0.05, 0) is 18.4 Å². The Balaban J connectivity index is 1.81. The highest BCUT2D eigenvalue weighted by Crippen LogP contribution is 2.33. The van der Waals surface area contributed by atoms with E-state index in [1.807, 2.05) is 30.3 Å². The predicted molar refractivity (Wildman–Crippen MR) is 70.3 cm³/mol. The van der Waals surface area contributed by atoms with Crippen molar-refractivity contribution in [2.45, 2.75) is 29.9 Å². The fourth-order valence-corrected chi connectivity index (χ4v) is 3.17. The first-order valence-electron chi connectivity index (χ1n) is 5.86. The molecule has 2 rings (SSSR count). The molecule has 0 spiro atoms. The van der Waals surface area contributed by atoms with Gasteiger partial charge in [-0.1, -0.05) is 30.3 Å². The molecule has 2 N–H and O–H groups in total. The Bertz CT molecular complexity index is 435. The lowest BCUT2D eigenvalue weighted by atomic mass is 10.2. The van der Waals surface area contributed by atoms with E-state index in [4.69, 9.17) is 5.11 Å². The molecule has 0 radical (unpaired) electrons. The molecule has 18 heavy (non-hydrogen) atoms. The Kier molecular flexibility index (Phi) is 4.25. The monoisotopic (exact) mass is 265 g/mol. The molecule has 1 aromatic rings. The summed E-state index contributed by atoms with van der Waals surface area (Å²) >= 11 is 1.25. The summed E-state index contributed by atoms with van der Waals surface area (Å²) in [6.07, 6.45) is 1.21. The van der Waals surface area contributed by atoms with Crippen LogP contribution in [0, 0.1) is 0 Å². The molecular weight excluding hydrogens is 250 g/mol. The number of hydrogen-bond acceptors (Lipinski definition) is 3. The third kappa shape index (κ3) is 3.26. The zero-order valence-corrected chi connectivity index (χ0v) is 10.7. The normalized spacial score (nSPS) is 22.7. The van der Waals surface area contributed by atoms with Crippen LogP contribution in [-0.4, -0.2) is 27.5 Å². The number of thioether (sulfide) groups is 1. The Morgan fingerprint density at radius 3 is 2.50 bits per heavy atom. The molecule has 96 valence electrons. The number of carbonyl (C=O) groups is 2. The van der Waals surface area contributed by atoms with Crippen LogP contribution < -0.4 is 5.32 Å². The smallest absolute Gasteiger partial charge is 0.316 e. The average molecular weight is 265 g/mol. The summed E-state index contributed by atoms with van der Waals surface area (Å²) in [4.78, 5) is 22.7. The molecule has 2 atom stereocenters. The summed E-state index contributed by atoms with van der Waals surface area (Å²) < 4.78 is 0. The molecule has 1 amide bonds. The van der Waals surface area contributed by atoms with Gasteiger partial charge >= 0.3 is 5.97 Å². The van der Waals surface area contributed by atoms with E-state index >= 15 is 0 Å². The van der Waals surface area contributed by atoms with Crippen LogP contribution in [0.2, 0.25) is 0 Å². The number of amides is 1. The lowest BCUT2D eigenvalue weighted by Crippen LogP contribution is -2.31. The highest BCUT2D eigenvalue weighted by atomic mass is 32.2. The molecule has 1 saturated heterocycles. The second-order valence-corrected chi connectivity index (χ2v) is 5.64. The van der Waals surface area contributed by atoms with Gasteiger partial charge in [0.15, 0.2) is 0 Å². The van der Waals surface area contributed by atoms with Gasteiger partial charge in [-0.3, -0.25) is 9.59 Å². The zero-order chi connectivity index (χ0) is 13.0. The first-order valence-corrected chi connectivity index (χ1v) is 6.81. The molecule has 1 aliphatic rings. The SMILES string of the molecule is O=C(NCc1ccccc1)[C@@H]1CC[C@H](C(=O)O)S1. The summed E-state index contributed by atoms with van der Waals surface area (Å²) in [5, 5.41) is 11.1. The van der Waals surface area contributed by atoms with Gasteiger partial charge in [0, 0.05) is 6.54 Å². The second-order valence-electron chi connectivity index (χ2n) is 4.23. The number of aliphatic carboxylic acids is 1. The van der Waals surface area contributed by atoms with Gasteiger partial charge in [0.1, 0.15) is 5.25 Å². The van der Waals surface area contributed by atoms with E-state index in [0.29, 0.717) is 19.4 Å². The van der Waals surface area contributed by atoms with Crippen LogP contribution in [-0.2, 0) is 16.1 Å². The van der Waals surface area contributed by atoms with Gasteiger partial charge < -0.3 is 10.4 Å². The number of carbonyl (C=O) groups excluding carboxylic acids is 1. The van der Waals surface area contributed by atoms with E-state index in [-0.39, 0.29) is 11.2 Å². The molecular formula is C13H15NO3S. The van der Waals surface area contributed by atoms with Crippen LogP contribution in [0.1, 0.15) is 18.4 Å². The van der Waals surface area contributed by atoms with Crippen LogP contribution >= 0.6 is 11.8 Å². The fraction of sp³-hybridized carbons (Fsp3) is 0.385. The number of hydrogen-bond donors (Lipinski definition) is 2. The Labute approximate surface area is 110 Å². The van der Waals surface area contributed by atoms with E-state index in [9.17, 15) is 9.59 Å². The molecule has 1 aliphatic heterocycles. The van der Waals surface area contributed by atoms with E-state index in [0.717, 1.165) is 5.56 Å². The Hall–Kier alpha value is -1.49. The molecule has 0 unspecified atom stereocenters. The van der Waals surface area contributed by atoms with Crippen molar-refractivity contribution in [3.63, 3.8) is 0 Å². The van der Waals surface area contributed by atoms with Crippen LogP contribution in [0.4, 0.5) is 0 Å². The zero-order valence-electron chi connectivity index (χ0n) is 9.83. The summed E-state index contributed by atoms with van der Waals surface area (Å²) in [5.41, 5.74) is 1.05. The number of carboxylic acid groups (broad SMARTS) is 1. The number of rotatable bonds is 4. The average Bonchev–Trinajstić information content (AvgIpc) is 2.87. The van der Waals surface area contributed by atoms with Crippen LogP contribution in [0.15, 0.2) is 30.3 Å². The minimum atomic E-state index is -0.821. The van der Waals surface area contributed by atoms with E-state index in [1.165, 1.54) is 11.8 Å². The van der Waals surface area contributed by atoms with Crippen molar-refractivity contribution in [1.29, 1.82) is 0 Å². The second kappa shape index (κ2) is 5.91. The maximum Gasteiger partial charge on any atom is 0.316 e. The third-order valence-corrected chi connectivity index (χ3v) is 4.44. The Morgan fingerprint density at radius 1 is 1.22 bits per heavy atom. The van der Waals surface area contributed by atoms with Crippen LogP contribution in [0.3, 0.4) is 0 Å². The third-order valence-electron chi connectivity index (χ3n) is 2.90. The molecule has 0 bridgehead atoms. The standard InChI is InChI=1S/C13H15NO3S/c15-12(10-6-7-11(18-10)13(16)17)14-8-9-4-2-1-3-5-9/h1-5,10-11H,6-8H2,(H,14,15)(H,16,17)/t10-,11+/m0/s1. The van der Waals surface area contributed by atoms with Crippen molar-refractivity contribution in [3.8, 4) is 0 Å². The van der Waals surface area contributed by atoms with Crippen molar-refractivity contribution in [3.05, 3.63) is 35.9 Å². The van der Waals surface area contributed by atoms with Gasteiger partial charge in [0.25, 0.3) is 0 Å². The van der Waals surface area contributed by atoms with Gasteiger partial charge in [0.2, 0.25) is 5.91 Å². The summed E-state index contributed by atoms with van der Waals surface area (Å²) in [5.74, 6) is -0.883. The highest BCUT2D eigenvalue weighted by molar-refractivity contribution is 8.02. The molecule has 4 nitrogen and oxygen atoms in total. The lowest BCUT2D eigenvalue weighted by molar-refractivity contribution is -0.136. The predicted octanol–water partition coefficient (Wildman–Crippen LogP) is 1.65. The molecule has 1 heterocycles. The first kappa shape index (κ1) is 13.0. The molecule has 5 heteroatoms. The molecule has 0 saturated carbocycles. The number of carboxylic acids is 1. The van der Waals surface area contributed by atoms with Crippen LogP contribution in [0.5, 0.6) is 0 Å². The fourth-order valence-electron chi connectivity index (χ4n) is 1.91. The van der Waals surface area contributed by atoms with Gasteiger partial charge in [-0.25, -0.2) is 0 Å². The Morgan fingerprint density at radius 2 is 1.89 bits per heavy atom. The van der Waals surface area contributed by atoms with Gasteiger partial charge in [-0.15, -0.1) is 11.8 Å². The quantitative estimate of drug-likeness (QED) is 0.868. The van der Waals surface area contributed by atoms with Crippen molar-refractivity contribution >= 4 is 23.6 Å². The highest BCUT2D eigenvalue weighted by Gasteiger charge is 2.34. The topological polar surface area (TPSA) is 66.4 Å². The van der Waals surface area contributed by atoms with Crippen molar-refractivity contribution in [2.75, 3.05) is 0 Å². The summed E-state index contributed by atoms with van der Waals surface area (Å²) in [6, 6.07) is 9.67. The maximum atomic E-state index is 11.9. The largest absolute Gasteiger partial charge is 0.480 e. The summed E-state index contributed by atoms with van der Waals surface area (Å²) in [6.45, 7) is 0.495. The molecule has 1 fully saturated rings. The van der Waals surface area contributed by atoms with E-state index < -0.39 is 11.2 Å². The molecule has 0 aromatic heterocycles. The van der Waals surface area contributed by atoms with Crippen molar-refractivity contribution < 1.29 is 14.7 Å². The van der Waals surface area contributed by atoms with E-state index in [1.54, 1.807) is 0 Å². The molecule has 1 aromatic carbocycles. The minimum absolute atomic E-state index is 0.0624. The lowest BCUT2D eigenvalue weighted by Gasteiger charge is -2.10. The number of nitrogens with one attached hydrogen (secondary N) is 1. The maximum absolute atomic E-state index is 11.9. The van der Waals surface area contributed by atoms with E-state index in [2.05, 4.69) is 5.32 Å². The van der Waals surface area contributed by atoms with Crippen molar-refractivity contribution in [2.24, 2.45) is 0 Å². The van der Waals surface area contributed by atoms with Crippen LogP contribution in [0.25, 0.3) is 0 Å².